The molecular formula is C22H22As. The standard InChI is InChI=1S/C22H22As/c1-18-8-5-6-9-19(18)12-7-17-23-22-15-13-21(14-16-22)20-10-3-2-4-11-20/h2-6,8-11,13-16H,7,12,17H2,1H3. The summed E-state index contributed by atoms with van der Waals surface area (Å²) in [5.74, 6) is 0. The fourth-order valence-corrected chi connectivity index (χ4v) is 4.72. The normalized spacial score (nSPS) is 11.2. The summed E-state index contributed by atoms with van der Waals surface area (Å²) in [5.41, 5.74) is 5.55. The SMILES string of the molecule is Cc1ccccc1CCC[As]c1ccc(-c2ccccc2)cc1. The molecule has 1 radical (unpaired) electrons. The van der Waals surface area contributed by atoms with E-state index < -0.39 is 0 Å². The van der Waals surface area contributed by atoms with E-state index in [1.54, 1.807) is 0 Å². The average molecular weight is 361 g/mol. The Hall–Kier alpha value is -1.78. The van der Waals surface area contributed by atoms with Gasteiger partial charge < -0.3 is 0 Å². The van der Waals surface area contributed by atoms with E-state index in [1.807, 2.05) is 0 Å². The molecule has 0 N–H and O–H groups in total. The predicted molar refractivity (Wildman–Crippen MR) is 102 cm³/mol. The molecule has 0 aliphatic rings. The first-order valence-electron chi connectivity index (χ1n) is 8.20. The van der Waals surface area contributed by atoms with Gasteiger partial charge in [0.2, 0.25) is 0 Å². The van der Waals surface area contributed by atoms with Gasteiger partial charge in [0.15, 0.2) is 0 Å². The molecule has 0 nitrogen and oxygen atoms in total. The summed E-state index contributed by atoms with van der Waals surface area (Å²) >= 11 is 0.288. The minimum absolute atomic E-state index is 0.288. The van der Waals surface area contributed by atoms with Gasteiger partial charge in [-0.3, -0.25) is 0 Å². The molecule has 0 aromatic heterocycles. The quantitative estimate of drug-likeness (QED) is 0.426. The Morgan fingerprint density at radius 1 is 0.696 bits per heavy atom. The molecule has 0 amide bonds. The second kappa shape index (κ2) is 8.18. The molecule has 115 valence electrons. The molecule has 3 rings (SSSR count). The zero-order valence-corrected chi connectivity index (χ0v) is 15.5. The van der Waals surface area contributed by atoms with Crippen LogP contribution in [0.4, 0.5) is 0 Å². The van der Waals surface area contributed by atoms with Gasteiger partial charge in [0.05, 0.1) is 0 Å². The molecule has 0 fully saturated rings. The van der Waals surface area contributed by atoms with Gasteiger partial charge in [0, 0.05) is 0 Å². The van der Waals surface area contributed by atoms with E-state index in [0.29, 0.717) is 0 Å². The van der Waals surface area contributed by atoms with Gasteiger partial charge >= 0.3 is 146 Å². The first-order valence-corrected chi connectivity index (χ1v) is 10.5. The number of benzene rings is 3. The Kier molecular flexibility index (Phi) is 5.72. The third-order valence-electron chi connectivity index (χ3n) is 4.13. The van der Waals surface area contributed by atoms with E-state index in [4.69, 9.17) is 0 Å². The van der Waals surface area contributed by atoms with Crippen LogP contribution in [0.15, 0.2) is 78.9 Å². The van der Waals surface area contributed by atoms with Crippen molar-refractivity contribution in [2.24, 2.45) is 0 Å². The van der Waals surface area contributed by atoms with Crippen LogP contribution in [0.1, 0.15) is 17.5 Å². The molecule has 1 heteroatoms. The molecule has 0 spiro atoms. The van der Waals surface area contributed by atoms with Crippen LogP contribution < -0.4 is 4.35 Å². The van der Waals surface area contributed by atoms with Crippen LogP contribution in [-0.4, -0.2) is 15.8 Å². The van der Waals surface area contributed by atoms with E-state index in [0.717, 1.165) is 0 Å². The van der Waals surface area contributed by atoms with Crippen molar-refractivity contribution in [3.63, 3.8) is 0 Å². The van der Waals surface area contributed by atoms with Crippen LogP contribution in [0.3, 0.4) is 0 Å². The van der Waals surface area contributed by atoms with Crippen molar-refractivity contribution >= 4 is 20.1 Å². The van der Waals surface area contributed by atoms with Crippen LogP contribution in [0.5, 0.6) is 0 Å². The van der Waals surface area contributed by atoms with E-state index in [2.05, 4.69) is 85.8 Å². The molecule has 0 heterocycles. The monoisotopic (exact) mass is 361 g/mol. The van der Waals surface area contributed by atoms with Gasteiger partial charge in [-0.15, -0.1) is 0 Å². The van der Waals surface area contributed by atoms with E-state index >= 15 is 0 Å². The van der Waals surface area contributed by atoms with Gasteiger partial charge in [0.1, 0.15) is 0 Å². The second-order valence-corrected chi connectivity index (χ2v) is 8.51. The third kappa shape index (κ3) is 4.59. The molecule has 0 atom stereocenters. The molecule has 0 saturated carbocycles. The van der Waals surface area contributed by atoms with Gasteiger partial charge in [0.25, 0.3) is 0 Å². The van der Waals surface area contributed by atoms with Crippen molar-refractivity contribution in [2.75, 3.05) is 0 Å². The van der Waals surface area contributed by atoms with Crippen LogP contribution >= 0.6 is 0 Å². The van der Waals surface area contributed by atoms with Crippen molar-refractivity contribution in [1.82, 2.24) is 0 Å². The zero-order chi connectivity index (χ0) is 15.9. The zero-order valence-electron chi connectivity index (χ0n) is 13.6. The fraction of sp³-hybridized carbons (Fsp3) is 0.182. The molecular weight excluding hydrogens is 339 g/mol. The van der Waals surface area contributed by atoms with Gasteiger partial charge in [-0.05, 0) is 0 Å². The van der Waals surface area contributed by atoms with Gasteiger partial charge in [-0.25, -0.2) is 0 Å². The van der Waals surface area contributed by atoms with E-state index in [1.165, 1.54) is 44.7 Å². The topological polar surface area (TPSA) is 0 Å². The van der Waals surface area contributed by atoms with Crippen LogP contribution in [-0.2, 0) is 6.42 Å². The summed E-state index contributed by atoms with van der Waals surface area (Å²) in [6.07, 6.45) is 2.51. The first kappa shape index (κ1) is 16.1. The number of hydrogen-bond acceptors (Lipinski definition) is 0. The minimum atomic E-state index is 0.288. The van der Waals surface area contributed by atoms with Gasteiger partial charge in [-0.2, -0.15) is 0 Å². The summed E-state index contributed by atoms with van der Waals surface area (Å²) in [6.45, 7) is 2.21. The molecule has 0 aliphatic carbocycles. The molecule has 0 bridgehead atoms. The maximum absolute atomic E-state index is 2.32. The Labute approximate surface area is 146 Å². The number of hydrogen-bond donors (Lipinski definition) is 0. The second-order valence-electron chi connectivity index (χ2n) is 5.82. The van der Waals surface area contributed by atoms with Crippen molar-refractivity contribution in [2.45, 2.75) is 25.0 Å². The summed E-state index contributed by atoms with van der Waals surface area (Å²) in [4.78, 5) is 0. The fourth-order valence-electron chi connectivity index (χ4n) is 2.76. The molecule has 0 unspecified atom stereocenters. The summed E-state index contributed by atoms with van der Waals surface area (Å²) in [6, 6.07) is 28.5. The maximum atomic E-state index is 2.32. The van der Waals surface area contributed by atoms with Crippen LogP contribution in [0, 0.1) is 6.92 Å². The molecule has 23 heavy (non-hydrogen) atoms. The van der Waals surface area contributed by atoms with Crippen molar-refractivity contribution < 1.29 is 0 Å². The number of aryl methyl sites for hydroxylation is 2. The first-order chi connectivity index (χ1) is 11.3. The van der Waals surface area contributed by atoms with Crippen LogP contribution in [0.25, 0.3) is 11.1 Å². The Morgan fingerprint density at radius 3 is 2.09 bits per heavy atom. The summed E-state index contributed by atoms with van der Waals surface area (Å²) in [5, 5.41) is 1.34. The molecule has 3 aromatic rings. The van der Waals surface area contributed by atoms with Crippen LogP contribution in [0.2, 0.25) is 5.21 Å². The summed E-state index contributed by atoms with van der Waals surface area (Å²) < 4.78 is 1.53. The van der Waals surface area contributed by atoms with Crippen molar-refractivity contribution in [3.05, 3.63) is 90.0 Å². The Balaban J connectivity index is 1.50. The molecule has 0 aliphatic heterocycles. The summed E-state index contributed by atoms with van der Waals surface area (Å²) in [7, 11) is 0. The number of rotatable bonds is 6. The van der Waals surface area contributed by atoms with Gasteiger partial charge in [-0.1, -0.05) is 0 Å². The molecule has 3 aromatic carbocycles. The van der Waals surface area contributed by atoms with E-state index in [9.17, 15) is 0 Å². The predicted octanol–water partition coefficient (Wildman–Crippen LogP) is 5.04. The third-order valence-corrected chi connectivity index (χ3v) is 6.66. The molecule has 0 saturated heterocycles. The van der Waals surface area contributed by atoms with Crippen molar-refractivity contribution in [1.29, 1.82) is 0 Å². The Bertz CT molecular complexity index is 729. The average Bonchev–Trinajstić information content (AvgIpc) is 2.61. The van der Waals surface area contributed by atoms with Crippen molar-refractivity contribution in [3.8, 4) is 11.1 Å². The van der Waals surface area contributed by atoms with E-state index in [-0.39, 0.29) is 15.8 Å². The Morgan fingerprint density at radius 2 is 1.35 bits per heavy atom.